The predicted molar refractivity (Wildman–Crippen MR) is 43.6 cm³/mol. The fourth-order valence-corrected chi connectivity index (χ4v) is 0.728. The molecule has 0 aromatic carbocycles. The average Bonchev–Trinajstić information content (AvgIpc) is 2.03. The first kappa shape index (κ1) is 7.00. The predicted octanol–water partition coefficient (Wildman–Crippen LogP) is 2.50. The molecule has 1 aromatic rings. The van der Waals surface area contributed by atoms with Crippen molar-refractivity contribution in [3.63, 3.8) is 0 Å². The molecule has 1 aromatic heterocycles. The highest BCUT2D eigenvalue weighted by molar-refractivity contribution is 5.46. The molecule has 1 heteroatoms. The van der Waals surface area contributed by atoms with Gasteiger partial charge in [0.2, 0.25) is 0 Å². The van der Waals surface area contributed by atoms with Gasteiger partial charge in [0.05, 0.1) is 0 Å². The number of rotatable bonds is 2. The second-order valence-corrected chi connectivity index (χ2v) is 2.10. The van der Waals surface area contributed by atoms with E-state index in [4.69, 9.17) is 0 Å². The van der Waals surface area contributed by atoms with Crippen molar-refractivity contribution in [1.82, 2.24) is 4.98 Å². The highest BCUT2D eigenvalue weighted by Crippen LogP contribution is 1.98. The summed E-state index contributed by atoms with van der Waals surface area (Å²) < 4.78 is 0. The summed E-state index contributed by atoms with van der Waals surface area (Å²) in [6.45, 7) is 2.12. The Hall–Kier alpha value is -1.11. The van der Waals surface area contributed by atoms with Gasteiger partial charge in [-0.1, -0.05) is 25.1 Å². The third-order valence-corrected chi connectivity index (χ3v) is 1.23. The van der Waals surface area contributed by atoms with Crippen molar-refractivity contribution in [2.24, 2.45) is 0 Å². The van der Waals surface area contributed by atoms with Crippen LogP contribution >= 0.6 is 0 Å². The maximum Gasteiger partial charge on any atom is 0.0340 e. The zero-order chi connectivity index (χ0) is 7.23. The maximum atomic E-state index is 3.99. The van der Waals surface area contributed by atoms with Crippen LogP contribution in [0.25, 0.3) is 6.08 Å². The SMILES string of the molecule is CC/C=C/c1cccnc1. The van der Waals surface area contributed by atoms with E-state index in [1.54, 1.807) is 6.20 Å². The lowest BCUT2D eigenvalue weighted by molar-refractivity contribution is 1.23. The van der Waals surface area contributed by atoms with Crippen LogP contribution in [0.1, 0.15) is 18.9 Å². The van der Waals surface area contributed by atoms with Crippen LogP contribution in [-0.2, 0) is 0 Å². The minimum absolute atomic E-state index is 1.08. The van der Waals surface area contributed by atoms with Crippen LogP contribution in [0.15, 0.2) is 30.6 Å². The molecule has 52 valence electrons. The number of hydrogen-bond donors (Lipinski definition) is 0. The molecular weight excluding hydrogens is 122 g/mol. The highest BCUT2D eigenvalue weighted by atomic mass is 14.6. The molecule has 0 spiro atoms. The molecule has 0 radical (unpaired) electrons. The zero-order valence-corrected chi connectivity index (χ0v) is 6.12. The van der Waals surface area contributed by atoms with Crippen molar-refractivity contribution in [2.75, 3.05) is 0 Å². The van der Waals surface area contributed by atoms with Crippen molar-refractivity contribution in [3.8, 4) is 0 Å². The van der Waals surface area contributed by atoms with Crippen molar-refractivity contribution in [1.29, 1.82) is 0 Å². The summed E-state index contributed by atoms with van der Waals surface area (Å²) in [6.07, 6.45) is 8.91. The van der Waals surface area contributed by atoms with Crippen LogP contribution in [0, 0.1) is 0 Å². The highest BCUT2D eigenvalue weighted by Gasteiger charge is 1.80. The molecule has 0 amide bonds. The van der Waals surface area contributed by atoms with Gasteiger partial charge in [0.1, 0.15) is 0 Å². The molecule has 10 heavy (non-hydrogen) atoms. The summed E-state index contributed by atoms with van der Waals surface area (Å²) in [5.74, 6) is 0. The molecule has 1 rings (SSSR count). The molecule has 0 fully saturated rings. The molecular formula is C9H11N. The Labute approximate surface area is 61.4 Å². The largest absolute Gasteiger partial charge is 0.264 e. The summed E-state index contributed by atoms with van der Waals surface area (Å²) in [7, 11) is 0. The second kappa shape index (κ2) is 3.83. The van der Waals surface area contributed by atoms with E-state index in [1.807, 2.05) is 18.3 Å². The molecule has 1 nitrogen and oxygen atoms in total. The number of nitrogens with zero attached hydrogens (tertiary/aromatic N) is 1. The molecule has 0 aliphatic heterocycles. The minimum Gasteiger partial charge on any atom is -0.264 e. The van der Waals surface area contributed by atoms with Crippen molar-refractivity contribution in [2.45, 2.75) is 13.3 Å². The number of pyridine rings is 1. The molecule has 0 saturated heterocycles. The molecule has 0 atom stereocenters. The third-order valence-electron chi connectivity index (χ3n) is 1.23. The first-order valence-electron chi connectivity index (χ1n) is 3.50. The molecule has 0 unspecified atom stereocenters. The van der Waals surface area contributed by atoms with Gasteiger partial charge in [0, 0.05) is 12.4 Å². The van der Waals surface area contributed by atoms with Crippen LogP contribution in [0.2, 0.25) is 0 Å². The van der Waals surface area contributed by atoms with Crippen LogP contribution < -0.4 is 0 Å². The van der Waals surface area contributed by atoms with Gasteiger partial charge in [-0.05, 0) is 18.1 Å². The van der Waals surface area contributed by atoms with Crippen molar-refractivity contribution in [3.05, 3.63) is 36.2 Å². The van der Waals surface area contributed by atoms with E-state index in [0.29, 0.717) is 0 Å². The maximum absolute atomic E-state index is 3.99. The Morgan fingerprint density at radius 1 is 1.60 bits per heavy atom. The van der Waals surface area contributed by atoms with Crippen molar-refractivity contribution >= 4 is 6.08 Å². The molecule has 0 bridgehead atoms. The lowest BCUT2D eigenvalue weighted by atomic mass is 10.2. The summed E-state index contributed by atoms with van der Waals surface area (Å²) in [6, 6.07) is 3.98. The minimum atomic E-state index is 1.08. The molecule has 0 aliphatic carbocycles. The van der Waals surface area contributed by atoms with Gasteiger partial charge in [-0.15, -0.1) is 0 Å². The van der Waals surface area contributed by atoms with E-state index >= 15 is 0 Å². The zero-order valence-electron chi connectivity index (χ0n) is 6.12. The average molecular weight is 133 g/mol. The van der Waals surface area contributed by atoms with E-state index in [1.165, 1.54) is 5.56 Å². The quantitative estimate of drug-likeness (QED) is 0.604. The van der Waals surface area contributed by atoms with E-state index < -0.39 is 0 Å². The fourth-order valence-electron chi connectivity index (χ4n) is 0.728. The van der Waals surface area contributed by atoms with E-state index in [2.05, 4.69) is 24.1 Å². The van der Waals surface area contributed by atoms with Crippen LogP contribution in [0.3, 0.4) is 0 Å². The Morgan fingerprint density at radius 2 is 2.50 bits per heavy atom. The Balaban J connectivity index is 2.67. The number of allylic oxidation sites excluding steroid dienone is 1. The van der Waals surface area contributed by atoms with Crippen LogP contribution in [0.5, 0.6) is 0 Å². The molecule has 0 saturated carbocycles. The third kappa shape index (κ3) is 2.02. The van der Waals surface area contributed by atoms with Gasteiger partial charge in [-0.25, -0.2) is 0 Å². The topological polar surface area (TPSA) is 12.9 Å². The van der Waals surface area contributed by atoms with Crippen LogP contribution in [-0.4, -0.2) is 4.98 Å². The first-order valence-corrected chi connectivity index (χ1v) is 3.50. The van der Waals surface area contributed by atoms with Gasteiger partial charge in [0.25, 0.3) is 0 Å². The van der Waals surface area contributed by atoms with Gasteiger partial charge in [0.15, 0.2) is 0 Å². The van der Waals surface area contributed by atoms with Crippen molar-refractivity contribution < 1.29 is 0 Å². The summed E-state index contributed by atoms with van der Waals surface area (Å²) in [5.41, 5.74) is 1.17. The molecule has 0 aliphatic rings. The van der Waals surface area contributed by atoms with Gasteiger partial charge >= 0.3 is 0 Å². The first-order chi connectivity index (χ1) is 4.93. The standard InChI is InChI=1S/C9H11N/c1-2-3-5-9-6-4-7-10-8-9/h3-8H,2H2,1H3/b5-3+. The Morgan fingerprint density at radius 3 is 3.10 bits per heavy atom. The van der Waals surface area contributed by atoms with Crippen LogP contribution in [0.4, 0.5) is 0 Å². The van der Waals surface area contributed by atoms with E-state index in [0.717, 1.165) is 6.42 Å². The monoisotopic (exact) mass is 133 g/mol. The molecule has 0 N–H and O–H groups in total. The lowest BCUT2D eigenvalue weighted by Gasteiger charge is -1.87. The smallest absolute Gasteiger partial charge is 0.0340 e. The number of aromatic nitrogens is 1. The Bertz CT molecular complexity index is 201. The normalized spacial score (nSPS) is 10.5. The Kier molecular flexibility index (Phi) is 2.68. The van der Waals surface area contributed by atoms with E-state index in [-0.39, 0.29) is 0 Å². The van der Waals surface area contributed by atoms with Gasteiger partial charge in [-0.3, -0.25) is 4.98 Å². The lowest BCUT2D eigenvalue weighted by Crippen LogP contribution is -1.71. The summed E-state index contributed by atoms with van der Waals surface area (Å²) in [5, 5.41) is 0. The van der Waals surface area contributed by atoms with Gasteiger partial charge in [-0.2, -0.15) is 0 Å². The second-order valence-electron chi connectivity index (χ2n) is 2.10. The van der Waals surface area contributed by atoms with Gasteiger partial charge < -0.3 is 0 Å². The summed E-state index contributed by atoms with van der Waals surface area (Å²) in [4.78, 5) is 3.99. The fraction of sp³-hybridized carbons (Fsp3) is 0.222. The van der Waals surface area contributed by atoms with E-state index in [9.17, 15) is 0 Å². The number of hydrogen-bond acceptors (Lipinski definition) is 1. The summed E-state index contributed by atoms with van der Waals surface area (Å²) >= 11 is 0. The molecule has 1 heterocycles.